The Labute approximate surface area is 133 Å². The maximum Gasteiger partial charge on any atom is 0.416 e. The lowest BCUT2D eigenvalue weighted by molar-refractivity contribution is -0.138. The van der Waals surface area contributed by atoms with E-state index in [0.717, 1.165) is 18.9 Å². The molecule has 0 aliphatic carbocycles. The fourth-order valence-electron chi connectivity index (χ4n) is 2.66. The Balaban J connectivity index is 1.98. The first-order chi connectivity index (χ1) is 10.8. The van der Waals surface area contributed by atoms with Crippen molar-refractivity contribution in [2.45, 2.75) is 44.6 Å². The summed E-state index contributed by atoms with van der Waals surface area (Å²) in [6.07, 6.45) is -2.63. The predicted molar refractivity (Wildman–Crippen MR) is 79.9 cm³/mol. The number of urea groups is 1. The highest BCUT2D eigenvalue weighted by Gasteiger charge is 2.33. The predicted octanol–water partition coefficient (Wildman–Crippen LogP) is 3.41. The number of carbonyl (C=O) groups excluding carboxylic acids is 1. The van der Waals surface area contributed by atoms with Crippen molar-refractivity contribution in [1.29, 1.82) is 0 Å². The molecule has 2 atom stereocenters. The van der Waals surface area contributed by atoms with Crippen LogP contribution in [0.3, 0.4) is 0 Å². The summed E-state index contributed by atoms with van der Waals surface area (Å²) in [5.74, 6) is 0. The van der Waals surface area contributed by atoms with E-state index >= 15 is 0 Å². The van der Waals surface area contributed by atoms with Crippen LogP contribution in [0.25, 0.3) is 0 Å². The highest BCUT2D eigenvalue weighted by molar-refractivity contribution is 5.74. The molecule has 1 saturated heterocycles. The van der Waals surface area contributed by atoms with Crippen LogP contribution in [0.2, 0.25) is 0 Å². The Morgan fingerprint density at radius 2 is 2.13 bits per heavy atom. The number of halogens is 3. The molecule has 0 saturated carbocycles. The van der Waals surface area contributed by atoms with Gasteiger partial charge < -0.3 is 15.0 Å². The molecule has 1 aliphatic heterocycles. The van der Waals surface area contributed by atoms with Crippen LogP contribution in [0.5, 0.6) is 0 Å². The van der Waals surface area contributed by atoms with Crippen molar-refractivity contribution in [1.82, 2.24) is 10.2 Å². The van der Waals surface area contributed by atoms with E-state index in [2.05, 4.69) is 5.32 Å². The van der Waals surface area contributed by atoms with E-state index < -0.39 is 17.8 Å². The molecule has 0 spiro atoms. The van der Waals surface area contributed by atoms with Gasteiger partial charge in [0.25, 0.3) is 0 Å². The third-order valence-electron chi connectivity index (χ3n) is 3.95. The number of nitrogens with zero attached hydrogens (tertiary/aromatic N) is 1. The summed E-state index contributed by atoms with van der Waals surface area (Å²) >= 11 is 0. The summed E-state index contributed by atoms with van der Waals surface area (Å²) in [6.45, 7) is 2.41. The molecule has 0 radical (unpaired) electrons. The fraction of sp³-hybridized carbons (Fsp3) is 0.562. The van der Waals surface area contributed by atoms with Crippen LogP contribution in [0.4, 0.5) is 18.0 Å². The number of alkyl halides is 3. The Hall–Kier alpha value is -1.76. The van der Waals surface area contributed by atoms with Gasteiger partial charge in [0.15, 0.2) is 0 Å². The van der Waals surface area contributed by atoms with Gasteiger partial charge in [0.2, 0.25) is 0 Å². The number of hydrogen-bond acceptors (Lipinski definition) is 2. The number of carbonyl (C=O) groups is 1. The number of rotatable bonds is 4. The second kappa shape index (κ2) is 7.21. The normalized spacial score (nSPS) is 19.4. The molecule has 0 aromatic heterocycles. The first-order valence-corrected chi connectivity index (χ1v) is 7.57. The maximum atomic E-state index is 13.0. The molecule has 128 valence electrons. The molecule has 1 heterocycles. The van der Waals surface area contributed by atoms with Crippen LogP contribution < -0.4 is 5.32 Å². The van der Waals surface area contributed by atoms with Crippen LogP contribution in [-0.2, 0) is 17.5 Å². The Bertz CT molecular complexity index is 542. The van der Waals surface area contributed by atoms with E-state index in [0.29, 0.717) is 6.61 Å². The number of amides is 2. The zero-order valence-electron chi connectivity index (χ0n) is 13.2. The molecular weight excluding hydrogens is 309 g/mol. The van der Waals surface area contributed by atoms with Gasteiger partial charge in [-0.05, 0) is 31.4 Å². The van der Waals surface area contributed by atoms with Gasteiger partial charge in [0, 0.05) is 20.2 Å². The molecule has 1 fully saturated rings. The van der Waals surface area contributed by atoms with E-state index in [9.17, 15) is 18.0 Å². The van der Waals surface area contributed by atoms with E-state index in [1.165, 1.54) is 30.1 Å². The second-order valence-electron chi connectivity index (χ2n) is 5.80. The monoisotopic (exact) mass is 330 g/mol. The van der Waals surface area contributed by atoms with E-state index in [4.69, 9.17) is 4.74 Å². The van der Waals surface area contributed by atoms with Crippen molar-refractivity contribution in [3.8, 4) is 0 Å². The first-order valence-electron chi connectivity index (χ1n) is 7.57. The zero-order chi connectivity index (χ0) is 17.0. The van der Waals surface area contributed by atoms with Gasteiger partial charge in [-0.25, -0.2) is 4.79 Å². The molecule has 1 aromatic carbocycles. The topological polar surface area (TPSA) is 41.6 Å². The molecule has 2 amide bonds. The Morgan fingerprint density at radius 1 is 1.43 bits per heavy atom. The van der Waals surface area contributed by atoms with Gasteiger partial charge >= 0.3 is 12.2 Å². The minimum absolute atomic E-state index is 0.0326. The molecule has 2 unspecified atom stereocenters. The maximum absolute atomic E-state index is 13.0. The van der Waals surface area contributed by atoms with E-state index in [-0.39, 0.29) is 24.3 Å². The molecule has 23 heavy (non-hydrogen) atoms. The summed E-state index contributed by atoms with van der Waals surface area (Å²) in [5.41, 5.74) is -0.644. The van der Waals surface area contributed by atoms with Gasteiger partial charge in [0.1, 0.15) is 0 Å². The Morgan fingerprint density at radius 3 is 2.74 bits per heavy atom. The van der Waals surface area contributed by atoms with Gasteiger partial charge in [-0.2, -0.15) is 13.2 Å². The van der Waals surface area contributed by atoms with Crippen molar-refractivity contribution in [3.05, 3.63) is 35.4 Å². The third-order valence-corrected chi connectivity index (χ3v) is 3.95. The van der Waals surface area contributed by atoms with Crippen LogP contribution in [0, 0.1) is 0 Å². The highest BCUT2D eigenvalue weighted by Crippen LogP contribution is 2.32. The summed E-state index contributed by atoms with van der Waals surface area (Å²) in [6, 6.07) is 4.69. The van der Waals surface area contributed by atoms with Gasteiger partial charge in [-0.3, -0.25) is 0 Å². The lowest BCUT2D eigenvalue weighted by atomic mass is 10.1. The van der Waals surface area contributed by atoms with Crippen molar-refractivity contribution in [2.24, 2.45) is 0 Å². The van der Waals surface area contributed by atoms with Crippen LogP contribution in [-0.4, -0.2) is 36.7 Å². The van der Waals surface area contributed by atoms with Crippen molar-refractivity contribution >= 4 is 6.03 Å². The van der Waals surface area contributed by atoms with Gasteiger partial charge in [-0.15, -0.1) is 0 Å². The second-order valence-corrected chi connectivity index (χ2v) is 5.80. The summed E-state index contributed by atoms with van der Waals surface area (Å²) < 4.78 is 44.4. The molecule has 1 aromatic rings. The van der Waals surface area contributed by atoms with Gasteiger partial charge in [0.05, 0.1) is 17.7 Å². The third kappa shape index (κ3) is 4.60. The summed E-state index contributed by atoms with van der Waals surface area (Å²) in [4.78, 5) is 13.4. The summed E-state index contributed by atoms with van der Waals surface area (Å²) in [7, 11) is 1.48. The Kier molecular flexibility index (Phi) is 5.51. The molecular formula is C16H21F3N2O2. The average molecular weight is 330 g/mol. The molecule has 2 rings (SSSR count). The molecule has 1 aliphatic rings. The lowest BCUT2D eigenvalue weighted by Crippen LogP contribution is -2.46. The van der Waals surface area contributed by atoms with E-state index in [1.807, 2.05) is 6.92 Å². The lowest BCUT2D eigenvalue weighted by Gasteiger charge is -2.25. The van der Waals surface area contributed by atoms with Crippen molar-refractivity contribution < 1.29 is 22.7 Å². The standard InChI is InChI=1S/C16H21F3N2O2/c1-11(14-8-5-9-23-14)20-15(22)21(2)10-12-6-3-4-7-13(12)16(17,18)19/h3-4,6-7,11,14H,5,8-10H2,1-2H3,(H,20,22). The van der Waals surface area contributed by atoms with Crippen molar-refractivity contribution in [2.75, 3.05) is 13.7 Å². The van der Waals surface area contributed by atoms with E-state index in [1.54, 1.807) is 0 Å². The number of benzene rings is 1. The zero-order valence-corrected chi connectivity index (χ0v) is 13.2. The summed E-state index contributed by atoms with van der Waals surface area (Å²) in [5, 5.41) is 2.78. The molecule has 1 N–H and O–H groups in total. The van der Waals surface area contributed by atoms with Crippen LogP contribution >= 0.6 is 0 Å². The van der Waals surface area contributed by atoms with Crippen LogP contribution in [0.1, 0.15) is 30.9 Å². The highest BCUT2D eigenvalue weighted by atomic mass is 19.4. The largest absolute Gasteiger partial charge is 0.416 e. The number of hydrogen-bond donors (Lipinski definition) is 1. The smallest absolute Gasteiger partial charge is 0.376 e. The minimum Gasteiger partial charge on any atom is -0.376 e. The molecule has 0 bridgehead atoms. The quantitative estimate of drug-likeness (QED) is 0.919. The average Bonchev–Trinajstić information content (AvgIpc) is 3.00. The SMILES string of the molecule is CC(NC(=O)N(C)Cc1ccccc1C(F)(F)F)C1CCCO1. The number of ether oxygens (including phenoxy) is 1. The fourth-order valence-corrected chi connectivity index (χ4v) is 2.66. The number of nitrogens with one attached hydrogen (secondary N) is 1. The molecule has 7 heteroatoms. The van der Waals surface area contributed by atoms with Crippen LogP contribution in [0.15, 0.2) is 24.3 Å². The minimum atomic E-state index is -4.43. The van der Waals surface area contributed by atoms with Gasteiger partial charge in [-0.1, -0.05) is 18.2 Å². The molecule has 4 nitrogen and oxygen atoms in total. The first kappa shape index (κ1) is 17.6. The van der Waals surface area contributed by atoms with Crippen molar-refractivity contribution in [3.63, 3.8) is 0 Å².